The van der Waals surface area contributed by atoms with Crippen molar-refractivity contribution < 1.29 is 9.53 Å². The Hall–Kier alpha value is -1.92. The molecule has 0 unspecified atom stereocenters. The van der Waals surface area contributed by atoms with Gasteiger partial charge < -0.3 is 15.4 Å². The van der Waals surface area contributed by atoms with E-state index in [9.17, 15) is 4.79 Å². The van der Waals surface area contributed by atoms with Gasteiger partial charge in [0.2, 0.25) is 0 Å². The summed E-state index contributed by atoms with van der Waals surface area (Å²) in [6.45, 7) is 0.784. The van der Waals surface area contributed by atoms with Crippen molar-refractivity contribution in [1.82, 2.24) is 5.32 Å². The molecule has 21 heavy (non-hydrogen) atoms. The van der Waals surface area contributed by atoms with Crippen LogP contribution < -0.4 is 10.6 Å². The van der Waals surface area contributed by atoms with Gasteiger partial charge in [-0.1, -0.05) is 6.07 Å². The second-order valence-corrected chi connectivity index (χ2v) is 5.72. The lowest BCUT2D eigenvalue weighted by atomic mass is 10.2. The molecule has 2 N–H and O–H groups in total. The average Bonchev–Trinajstić information content (AvgIpc) is 3.00. The molecule has 1 heterocycles. The number of thiocarbonyl (C=S) groups is 1. The zero-order valence-electron chi connectivity index (χ0n) is 11.6. The van der Waals surface area contributed by atoms with Crippen LogP contribution in [-0.2, 0) is 11.2 Å². The normalized spacial score (nSPS) is 9.95. The number of ether oxygens (including phenoxy) is 1. The number of thiophene rings is 1. The van der Waals surface area contributed by atoms with Crippen molar-refractivity contribution in [3.05, 3.63) is 52.2 Å². The predicted molar refractivity (Wildman–Crippen MR) is 90.0 cm³/mol. The molecule has 1 aromatic carbocycles. The van der Waals surface area contributed by atoms with E-state index < -0.39 is 0 Å². The van der Waals surface area contributed by atoms with Crippen LogP contribution in [0.25, 0.3) is 0 Å². The van der Waals surface area contributed by atoms with Crippen molar-refractivity contribution >= 4 is 40.3 Å². The number of rotatable bonds is 5. The first-order chi connectivity index (χ1) is 10.2. The number of carbonyl (C=O) groups is 1. The maximum atomic E-state index is 11.3. The molecule has 0 saturated carbocycles. The van der Waals surface area contributed by atoms with E-state index in [1.807, 2.05) is 6.07 Å². The molecular weight excluding hydrogens is 304 g/mol. The van der Waals surface area contributed by atoms with Crippen LogP contribution in [-0.4, -0.2) is 24.7 Å². The van der Waals surface area contributed by atoms with E-state index in [-0.39, 0.29) is 5.97 Å². The number of methoxy groups -OCH3 is 1. The van der Waals surface area contributed by atoms with E-state index in [4.69, 9.17) is 12.2 Å². The van der Waals surface area contributed by atoms with E-state index in [2.05, 4.69) is 26.8 Å². The molecule has 0 spiro atoms. The third-order valence-corrected chi connectivity index (χ3v) is 3.98. The molecule has 0 aliphatic carbocycles. The first-order valence-electron chi connectivity index (χ1n) is 6.44. The number of anilines is 1. The van der Waals surface area contributed by atoms with Crippen molar-refractivity contribution in [2.45, 2.75) is 6.42 Å². The van der Waals surface area contributed by atoms with Gasteiger partial charge >= 0.3 is 5.97 Å². The van der Waals surface area contributed by atoms with Crippen LogP contribution in [0.1, 0.15) is 15.2 Å². The zero-order valence-corrected chi connectivity index (χ0v) is 13.2. The molecule has 0 atom stereocenters. The van der Waals surface area contributed by atoms with Crippen LogP contribution in [0.15, 0.2) is 41.8 Å². The quantitative estimate of drug-likeness (QED) is 0.655. The van der Waals surface area contributed by atoms with E-state index in [1.54, 1.807) is 35.6 Å². The number of benzene rings is 1. The summed E-state index contributed by atoms with van der Waals surface area (Å²) in [6.07, 6.45) is 0.945. The number of hydrogen-bond acceptors (Lipinski definition) is 4. The Morgan fingerprint density at radius 2 is 2.05 bits per heavy atom. The topological polar surface area (TPSA) is 50.4 Å². The fraction of sp³-hybridized carbons (Fsp3) is 0.200. The molecule has 0 fully saturated rings. The standard InChI is InChI=1S/C15H16N2O2S2/c1-19-14(18)11-4-6-12(7-5-11)17-15(20)16-9-8-13-3-2-10-21-13/h2-7,10H,8-9H2,1H3,(H2,16,17,20). The van der Waals surface area contributed by atoms with Gasteiger partial charge in [0.1, 0.15) is 0 Å². The number of hydrogen-bond donors (Lipinski definition) is 2. The van der Waals surface area contributed by atoms with Gasteiger partial charge in [-0.2, -0.15) is 0 Å². The monoisotopic (exact) mass is 320 g/mol. The lowest BCUT2D eigenvalue weighted by molar-refractivity contribution is 0.0601. The van der Waals surface area contributed by atoms with Crippen molar-refractivity contribution in [2.24, 2.45) is 0 Å². The Balaban J connectivity index is 1.78. The van der Waals surface area contributed by atoms with Crippen molar-refractivity contribution in [3.63, 3.8) is 0 Å². The van der Waals surface area contributed by atoms with Gasteiger partial charge in [0.05, 0.1) is 12.7 Å². The SMILES string of the molecule is COC(=O)c1ccc(NC(=S)NCCc2cccs2)cc1. The summed E-state index contributed by atoms with van der Waals surface area (Å²) in [4.78, 5) is 12.6. The second kappa shape index (κ2) is 7.75. The molecule has 0 saturated heterocycles. The van der Waals surface area contributed by atoms with Gasteiger partial charge in [-0.3, -0.25) is 0 Å². The lowest BCUT2D eigenvalue weighted by Crippen LogP contribution is -2.30. The first kappa shape index (κ1) is 15.5. The maximum absolute atomic E-state index is 11.3. The van der Waals surface area contributed by atoms with Crippen LogP contribution in [0, 0.1) is 0 Å². The highest BCUT2D eigenvalue weighted by Gasteiger charge is 2.04. The lowest BCUT2D eigenvalue weighted by Gasteiger charge is -2.10. The molecular formula is C15H16N2O2S2. The number of nitrogens with one attached hydrogen (secondary N) is 2. The van der Waals surface area contributed by atoms with Gasteiger partial charge in [0.15, 0.2) is 5.11 Å². The summed E-state index contributed by atoms with van der Waals surface area (Å²) >= 11 is 6.97. The summed E-state index contributed by atoms with van der Waals surface area (Å²) in [6, 6.07) is 11.1. The zero-order chi connectivity index (χ0) is 15.1. The van der Waals surface area contributed by atoms with Crippen LogP contribution in [0.2, 0.25) is 0 Å². The molecule has 0 radical (unpaired) electrons. The predicted octanol–water partition coefficient (Wildman–Crippen LogP) is 3.06. The van der Waals surface area contributed by atoms with Crippen molar-refractivity contribution in [3.8, 4) is 0 Å². The molecule has 0 bridgehead atoms. The van der Waals surface area contributed by atoms with Gasteiger partial charge in [-0.15, -0.1) is 11.3 Å². The maximum Gasteiger partial charge on any atom is 0.337 e. The Morgan fingerprint density at radius 3 is 2.67 bits per heavy atom. The Morgan fingerprint density at radius 1 is 1.29 bits per heavy atom. The highest BCUT2D eigenvalue weighted by molar-refractivity contribution is 7.80. The van der Waals surface area contributed by atoms with E-state index in [0.29, 0.717) is 10.7 Å². The third-order valence-electron chi connectivity index (χ3n) is 2.80. The molecule has 6 heteroatoms. The summed E-state index contributed by atoms with van der Waals surface area (Å²) in [7, 11) is 1.36. The van der Waals surface area contributed by atoms with Crippen LogP contribution in [0.5, 0.6) is 0 Å². The summed E-state index contributed by atoms with van der Waals surface area (Å²) in [5.74, 6) is -0.349. The smallest absolute Gasteiger partial charge is 0.337 e. The van der Waals surface area contributed by atoms with Crippen molar-refractivity contribution in [2.75, 3.05) is 19.0 Å². The molecule has 2 aromatic rings. The third kappa shape index (κ3) is 4.84. The minimum Gasteiger partial charge on any atom is -0.465 e. The summed E-state index contributed by atoms with van der Waals surface area (Å²) in [5.41, 5.74) is 1.34. The average molecular weight is 320 g/mol. The Labute approximate surface area is 133 Å². The van der Waals surface area contributed by atoms with Crippen LogP contribution in [0.3, 0.4) is 0 Å². The van der Waals surface area contributed by atoms with Crippen molar-refractivity contribution in [1.29, 1.82) is 0 Å². The Bertz CT molecular complexity index is 595. The highest BCUT2D eigenvalue weighted by atomic mass is 32.1. The number of esters is 1. The van der Waals surface area contributed by atoms with Gasteiger partial charge in [-0.05, 0) is 54.4 Å². The highest BCUT2D eigenvalue weighted by Crippen LogP contribution is 2.11. The fourth-order valence-electron chi connectivity index (χ4n) is 1.74. The Kier molecular flexibility index (Phi) is 5.71. The van der Waals surface area contributed by atoms with E-state index in [1.165, 1.54) is 12.0 Å². The molecule has 2 rings (SSSR count). The summed E-state index contributed by atoms with van der Waals surface area (Å²) < 4.78 is 4.65. The van der Waals surface area contributed by atoms with E-state index in [0.717, 1.165) is 18.7 Å². The molecule has 0 aliphatic heterocycles. The van der Waals surface area contributed by atoms with E-state index >= 15 is 0 Å². The molecule has 110 valence electrons. The fourth-order valence-corrected chi connectivity index (χ4v) is 2.67. The first-order valence-corrected chi connectivity index (χ1v) is 7.73. The number of carbonyl (C=O) groups excluding carboxylic acids is 1. The van der Waals surface area contributed by atoms with Gasteiger partial charge in [0, 0.05) is 17.1 Å². The summed E-state index contributed by atoms with van der Waals surface area (Å²) in [5, 5.41) is 8.86. The largest absolute Gasteiger partial charge is 0.465 e. The van der Waals surface area contributed by atoms with Crippen LogP contribution in [0.4, 0.5) is 5.69 Å². The molecule has 4 nitrogen and oxygen atoms in total. The van der Waals surface area contributed by atoms with Gasteiger partial charge in [-0.25, -0.2) is 4.79 Å². The van der Waals surface area contributed by atoms with Gasteiger partial charge in [0.25, 0.3) is 0 Å². The minimum absolute atomic E-state index is 0.349. The molecule has 0 amide bonds. The molecule has 1 aromatic heterocycles. The minimum atomic E-state index is -0.349. The molecule has 0 aliphatic rings. The van der Waals surface area contributed by atoms with Crippen LogP contribution >= 0.6 is 23.6 Å². The second-order valence-electron chi connectivity index (χ2n) is 4.28.